The summed E-state index contributed by atoms with van der Waals surface area (Å²) >= 11 is 0. The van der Waals surface area contributed by atoms with Gasteiger partial charge in [0, 0.05) is 30.4 Å². The highest BCUT2D eigenvalue weighted by molar-refractivity contribution is 5.85. The molecular formula is C17H17N3O. The van der Waals surface area contributed by atoms with E-state index in [0.717, 1.165) is 35.3 Å². The number of hydrogen-bond donors (Lipinski definition) is 1. The first-order chi connectivity index (χ1) is 10.4. The number of hydrogen-bond acceptors (Lipinski definition) is 4. The molecule has 3 rings (SSSR count). The van der Waals surface area contributed by atoms with Gasteiger partial charge in [0.2, 0.25) is 5.88 Å². The third-order valence-corrected chi connectivity index (χ3v) is 3.20. The van der Waals surface area contributed by atoms with Gasteiger partial charge in [-0.1, -0.05) is 13.0 Å². The van der Waals surface area contributed by atoms with Gasteiger partial charge >= 0.3 is 0 Å². The molecule has 0 bridgehead atoms. The maximum absolute atomic E-state index is 5.93. The molecule has 0 spiro atoms. The molecular weight excluding hydrogens is 262 g/mol. The third-order valence-electron chi connectivity index (χ3n) is 3.20. The number of nitrogens with one attached hydrogen (secondary N) is 1. The van der Waals surface area contributed by atoms with Crippen molar-refractivity contribution in [2.75, 3.05) is 6.54 Å². The van der Waals surface area contributed by atoms with Crippen LogP contribution in [0, 0.1) is 0 Å². The van der Waals surface area contributed by atoms with Gasteiger partial charge in [-0.15, -0.1) is 0 Å². The van der Waals surface area contributed by atoms with Crippen molar-refractivity contribution in [2.24, 2.45) is 0 Å². The Balaban J connectivity index is 1.88. The summed E-state index contributed by atoms with van der Waals surface area (Å²) in [6.45, 7) is 3.84. The van der Waals surface area contributed by atoms with Crippen LogP contribution < -0.4 is 10.1 Å². The molecule has 0 unspecified atom stereocenters. The second-order valence-corrected chi connectivity index (χ2v) is 4.71. The van der Waals surface area contributed by atoms with Crippen LogP contribution in [-0.2, 0) is 6.54 Å². The van der Waals surface area contributed by atoms with Crippen molar-refractivity contribution in [3.8, 4) is 11.6 Å². The summed E-state index contributed by atoms with van der Waals surface area (Å²) in [4.78, 5) is 8.61. The summed E-state index contributed by atoms with van der Waals surface area (Å²) < 4.78 is 5.93. The monoisotopic (exact) mass is 279 g/mol. The van der Waals surface area contributed by atoms with Crippen molar-refractivity contribution < 1.29 is 4.74 Å². The van der Waals surface area contributed by atoms with Crippen LogP contribution in [-0.4, -0.2) is 16.5 Å². The number of aromatic nitrogens is 2. The molecule has 0 saturated carbocycles. The molecule has 0 amide bonds. The summed E-state index contributed by atoms with van der Waals surface area (Å²) in [5.41, 5.74) is 2.07. The van der Waals surface area contributed by atoms with Gasteiger partial charge in [-0.2, -0.15) is 0 Å². The Hall–Kier alpha value is -2.46. The lowest BCUT2D eigenvalue weighted by molar-refractivity contribution is 0.467. The lowest BCUT2D eigenvalue weighted by atomic mass is 10.2. The zero-order chi connectivity index (χ0) is 14.5. The molecule has 106 valence electrons. The Morgan fingerprint density at radius 1 is 1.05 bits per heavy atom. The Morgan fingerprint density at radius 2 is 2.00 bits per heavy atom. The molecule has 4 heteroatoms. The largest absolute Gasteiger partial charge is 0.438 e. The van der Waals surface area contributed by atoms with Crippen LogP contribution in [0.5, 0.6) is 11.6 Å². The molecule has 0 aliphatic heterocycles. The van der Waals surface area contributed by atoms with E-state index < -0.39 is 0 Å². The topological polar surface area (TPSA) is 47.0 Å². The Kier molecular flexibility index (Phi) is 4.07. The second-order valence-electron chi connectivity index (χ2n) is 4.71. The first-order valence-electron chi connectivity index (χ1n) is 7.04. The fourth-order valence-electron chi connectivity index (χ4n) is 2.16. The van der Waals surface area contributed by atoms with E-state index in [1.807, 2.05) is 42.5 Å². The molecule has 3 aromatic rings. The van der Waals surface area contributed by atoms with Gasteiger partial charge in [0.15, 0.2) is 0 Å². The van der Waals surface area contributed by atoms with Gasteiger partial charge in [0.05, 0.1) is 5.52 Å². The predicted molar refractivity (Wildman–Crippen MR) is 83.4 cm³/mol. The average molecular weight is 279 g/mol. The minimum absolute atomic E-state index is 0.599. The van der Waals surface area contributed by atoms with E-state index in [-0.39, 0.29) is 0 Å². The van der Waals surface area contributed by atoms with Gasteiger partial charge in [-0.25, -0.2) is 4.98 Å². The minimum Gasteiger partial charge on any atom is -0.438 e. The Labute approximate surface area is 123 Å². The predicted octanol–water partition coefficient (Wildman–Crippen LogP) is 3.53. The molecule has 0 radical (unpaired) electrons. The van der Waals surface area contributed by atoms with E-state index in [9.17, 15) is 0 Å². The van der Waals surface area contributed by atoms with Gasteiger partial charge < -0.3 is 10.1 Å². The fourth-order valence-corrected chi connectivity index (χ4v) is 2.16. The van der Waals surface area contributed by atoms with Gasteiger partial charge in [-0.05, 0) is 42.4 Å². The van der Waals surface area contributed by atoms with Crippen molar-refractivity contribution in [2.45, 2.75) is 13.5 Å². The number of ether oxygens (including phenoxy) is 1. The Bertz CT molecular complexity index is 737. The molecule has 2 heterocycles. The molecule has 0 saturated heterocycles. The first kappa shape index (κ1) is 13.5. The van der Waals surface area contributed by atoms with E-state index in [1.165, 1.54) is 0 Å². The molecule has 1 aromatic carbocycles. The quantitative estimate of drug-likeness (QED) is 0.776. The zero-order valence-electron chi connectivity index (χ0n) is 11.9. The third kappa shape index (κ3) is 3.17. The fraction of sp³-hybridized carbons (Fsp3) is 0.176. The highest BCUT2D eigenvalue weighted by atomic mass is 16.5. The normalized spacial score (nSPS) is 10.7. The summed E-state index contributed by atoms with van der Waals surface area (Å²) in [6, 6.07) is 13.7. The molecule has 0 atom stereocenters. The van der Waals surface area contributed by atoms with Gasteiger partial charge in [0.25, 0.3) is 0 Å². The Morgan fingerprint density at radius 3 is 2.90 bits per heavy atom. The molecule has 4 nitrogen and oxygen atoms in total. The van der Waals surface area contributed by atoms with E-state index in [1.54, 1.807) is 12.4 Å². The van der Waals surface area contributed by atoms with Gasteiger partial charge in [0.1, 0.15) is 5.75 Å². The summed E-state index contributed by atoms with van der Waals surface area (Å²) in [7, 11) is 0. The van der Waals surface area contributed by atoms with E-state index >= 15 is 0 Å². The molecule has 0 aliphatic rings. The molecule has 1 N–H and O–H groups in total. The van der Waals surface area contributed by atoms with Crippen molar-refractivity contribution >= 4 is 10.9 Å². The summed E-state index contributed by atoms with van der Waals surface area (Å²) in [5.74, 6) is 1.37. The van der Waals surface area contributed by atoms with Crippen LogP contribution in [0.4, 0.5) is 0 Å². The lowest BCUT2D eigenvalue weighted by Gasteiger charge is -2.09. The highest BCUT2D eigenvalue weighted by Crippen LogP contribution is 2.27. The number of fused-ring (bicyclic) bond motifs is 1. The van der Waals surface area contributed by atoms with E-state index in [2.05, 4.69) is 22.2 Å². The van der Waals surface area contributed by atoms with Crippen molar-refractivity contribution in [3.63, 3.8) is 0 Å². The number of rotatable bonds is 5. The summed E-state index contributed by atoms with van der Waals surface area (Å²) in [5, 5.41) is 4.28. The zero-order valence-corrected chi connectivity index (χ0v) is 11.9. The smallest absolute Gasteiger partial charge is 0.219 e. The van der Waals surface area contributed by atoms with E-state index in [0.29, 0.717) is 5.88 Å². The van der Waals surface area contributed by atoms with Crippen LogP contribution in [0.2, 0.25) is 0 Å². The van der Waals surface area contributed by atoms with Crippen LogP contribution in [0.3, 0.4) is 0 Å². The second kappa shape index (κ2) is 6.33. The minimum atomic E-state index is 0.599. The SMILES string of the molecule is CCNCc1ccnc(Oc2cccc3ncccc23)c1. The standard InChI is InChI=1S/C17H17N3O/c1-2-18-12-13-8-10-20-17(11-13)21-16-7-3-6-15-14(16)5-4-9-19-15/h3-11,18H,2,12H2,1H3. The average Bonchev–Trinajstić information content (AvgIpc) is 2.54. The van der Waals surface area contributed by atoms with Crippen LogP contribution in [0.15, 0.2) is 54.9 Å². The molecule has 0 aliphatic carbocycles. The maximum Gasteiger partial charge on any atom is 0.219 e. The van der Waals surface area contributed by atoms with Crippen molar-refractivity contribution in [3.05, 3.63) is 60.4 Å². The van der Waals surface area contributed by atoms with Crippen molar-refractivity contribution in [1.29, 1.82) is 0 Å². The number of pyridine rings is 2. The maximum atomic E-state index is 5.93. The molecule has 21 heavy (non-hydrogen) atoms. The van der Waals surface area contributed by atoms with Crippen LogP contribution >= 0.6 is 0 Å². The van der Waals surface area contributed by atoms with Crippen molar-refractivity contribution in [1.82, 2.24) is 15.3 Å². The summed E-state index contributed by atoms with van der Waals surface area (Å²) in [6.07, 6.45) is 3.55. The van der Waals surface area contributed by atoms with Crippen LogP contribution in [0.1, 0.15) is 12.5 Å². The number of nitrogens with zero attached hydrogens (tertiary/aromatic N) is 2. The number of benzene rings is 1. The molecule has 0 fully saturated rings. The van der Waals surface area contributed by atoms with E-state index in [4.69, 9.17) is 4.74 Å². The molecule has 2 aromatic heterocycles. The van der Waals surface area contributed by atoms with Gasteiger partial charge in [-0.3, -0.25) is 4.98 Å². The van der Waals surface area contributed by atoms with Crippen LogP contribution in [0.25, 0.3) is 10.9 Å². The highest BCUT2D eigenvalue weighted by Gasteiger charge is 2.05. The first-order valence-corrected chi connectivity index (χ1v) is 7.04. The lowest BCUT2D eigenvalue weighted by Crippen LogP contribution is -2.11.